The highest BCUT2D eigenvalue weighted by atomic mass is 32.1. The van der Waals surface area contributed by atoms with Gasteiger partial charge in [0.25, 0.3) is 0 Å². The zero-order chi connectivity index (χ0) is 17.8. The van der Waals surface area contributed by atoms with Crippen LogP contribution in [-0.4, -0.2) is 36.6 Å². The lowest BCUT2D eigenvalue weighted by molar-refractivity contribution is -0.131. The van der Waals surface area contributed by atoms with Crippen molar-refractivity contribution >= 4 is 29.0 Å². The van der Waals surface area contributed by atoms with Gasteiger partial charge >= 0.3 is 5.97 Å². The smallest absolute Gasteiger partial charge is 0.328 e. The Hall–Kier alpha value is -2.17. The Labute approximate surface area is 152 Å². The van der Waals surface area contributed by atoms with Gasteiger partial charge in [-0.15, -0.1) is 11.3 Å². The van der Waals surface area contributed by atoms with Crippen LogP contribution in [0.3, 0.4) is 0 Å². The summed E-state index contributed by atoms with van der Waals surface area (Å²) in [4.78, 5) is 15.3. The summed E-state index contributed by atoms with van der Waals surface area (Å²) in [5.74, 6) is -0.907. The van der Waals surface area contributed by atoms with Gasteiger partial charge in [-0.1, -0.05) is 30.3 Å². The number of carbonyl (C=O) groups is 1. The van der Waals surface area contributed by atoms with Crippen LogP contribution in [0.25, 0.3) is 11.6 Å². The Morgan fingerprint density at radius 3 is 2.76 bits per heavy atom. The third-order valence-corrected chi connectivity index (χ3v) is 5.53. The Morgan fingerprint density at radius 1 is 1.24 bits per heavy atom. The van der Waals surface area contributed by atoms with Crippen LogP contribution in [0.4, 0.5) is 0 Å². The summed E-state index contributed by atoms with van der Waals surface area (Å²) in [5, 5.41) is 8.87. The molecule has 1 N–H and O–H groups in total. The molecule has 0 fully saturated rings. The van der Waals surface area contributed by atoms with Crippen LogP contribution in [0.1, 0.15) is 32.9 Å². The minimum absolute atomic E-state index is 0.907. The summed E-state index contributed by atoms with van der Waals surface area (Å²) in [5.41, 5.74) is 5.33. The maximum Gasteiger partial charge on any atom is 0.328 e. The van der Waals surface area contributed by atoms with Crippen molar-refractivity contribution in [3.8, 4) is 0 Å². The summed E-state index contributed by atoms with van der Waals surface area (Å²) in [6.07, 6.45) is 8.26. The molecule has 2 aromatic rings. The molecule has 0 radical (unpaired) electrons. The van der Waals surface area contributed by atoms with Crippen molar-refractivity contribution in [2.24, 2.45) is 0 Å². The Kier molecular flexibility index (Phi) is 5.51. The van der Waals surface area contributed by atoms with E-state index in [1.165, 1.54) is 33.2 Å². The van der Waals surface area contributed by atoms with Crippen molar-refractivity contribution in [3.05, 3.63) is 68.9 Å². The number of carboxylic acids is 1. The van der Waals surface area contributed by atoms with Gasteiger partial charge in [0.1, 0.15) is 0 Å². The zero-order valence-electron chi connectivity index (χ0n) is 14.7. The van der Waals surface area contributed by atoms with Crippen LogP contribution in [-0.2, 0) is 17.6 Å². The minimum Gasteiger partial charge on any atom is -0.478 e. The van der Waals surface area contributed by atoms with Crippen molar-refractivity contribution < 1.29 is 9.90 Å². The second-order valence-corrected chi connectivity index (χ2v) is 7.63. The zero-order valence-corrected chi connectivity index (χ0v) is 15.5. The molecule has 0 saturated heterocycles. The van der Waals surface area contributed by atoms with Crippen molar-refractivity contribution in [3.63, 3.8) is 0 Å². The molecule has 25 heavy (non-hydrogen) atoms. The molecular formula is C21H23NO2S. The summed E-state index contributed by atoms with van der Waals surface area (Å²) < 4.78 is 0. The summed E-state index contributed by atoms with van der Waals surface area (Å²) in [6.45, 7) is 1.01. The number of aryl methyl sites for hydroxylation is 2. The average molecular weight is 353 g/mol. The van der Waals surface area contributed by atoms with Gasteiger partial charge in [-0.25, -0.2) is 4.79 Å². The first-order chi connectivity index (χ1) is 12.0. The number of nitrogens with zero attached hydrogens (tertiary/aromatic N) is 1. The standard InChI is InChI=1S/C21H23NO2S/c1-22(2)13-5-8-19-18-7-4-3-6-15(18)9-10-16-14-17(25-21(16)19)11-12-20(23)24/h3-4,6-8,11-12,14H,5,9-10,13H2,1-2H3,(H,23,24)/b12-11+,19-8+. The fourth-order valence-electron chi connectivity index (χ4n) is 3.16. The Morgan fingerprint density at radius 2 is 2.00 bits per heavy atom. The largest absolute Gasteiger partial charge is 0.478 e. The number of hydrogen-bond donors (Lipinski definition) is 1. The monoisotopic (exact) mass is 353 g/mol. The first-order valence-corrected chi connectivity index (χ1v) is 9.33. The number of aliphatic carboxylic acids is 1. The van der Waals surface area contributed by atoms with E-state index in [1.807, 2.05) is 0 Å². The molecule has 1 aliphatic rings. The van der Waals surface area contributed by atoms with E-state index in [4.69, 9.17) is 5.11 Å². The predicted octanol–water partition coefficient (Wildman–Crippen LogP) is 4.33. The van der Waals surface area contributed by atoms with Crippen molar-refractivity contribution in [1.29, 1.82) is 0 Å². The number of thiophene rings is 1. The molecule has 1 aromatic carbocycles. The van der Waals surface area contributed by atoms with Crippen molar-refractivity contribution in [1.82, 2.24) is 4.90 Å². The van der Waals surface area contributed by atoms with Gasteiger partial charge in [0.15, 0.2) is 0 Å². The first-order valence-electron chi connectivity index (χ1n) is 8.52. The maximum absolute atomic E-state index is 10.8. The van der Waals surface area contributed by atoms with Crippen LogP contribution in [0.15, 0.2) is 42.5 Å². The third-order valence-electron chi connectivity index (χ3n) is 4.36. The molecule has 0 atom stereocenters. The lowest BCUT2D eigenvalue weighted by Gasteiger charge is -2.11. The van der Waals surface area contributed by atoms with Gasteiger partial charge in [-0.2, -0.15) is 0 Å². The van der Waals surface area contributed by atoms with Crippen molar-refractivity contribution in [2.45, 2.75) is 19.3 Å². The number of rotatable bonds is 5. The highest BCUT2D eigenvalue weighted by molar-refractivity contribution is 7.14. The molecule has 1 aliphatic carbocycles. The second-order valence-electron chi connectivity index (χ2n) is 6.54. The molecular weight excluding hydrogens is 330 g/mol. The lowest BCUT2D eigenvalue weighted by Crippen LogP contribution is -2.12. The number of carboxylic acid groups (broad SMARTS) is 1. The van der Waals surface area contributed by atoms with Gasteiger partial charge in [0.05, 0.1) is 0 Å². The molecule has 0 amide bonds. The quantitative estimate of drug-likeness (QED) is 0.814. The van der Waals surface area contributed by atoms with Crippen LogP contribution in [0.5, 0.6) is 0 Å². The minimum atomic E-state index is -0.907. The highest BCUT2D eigenvalue weighted by Crippen LogP contribution is 2.39. The van der Waals surface area contributed by atoms with Gasteiger partial charge in [-0.3, -0.25) is 0 Å². The van der Waals surface area contributed by atoms with Gasteiger partial charge < -0.3 is 10.0 Å². The maximum atomic E-state index is 10.8. The number of benzene rings is 1. The van der Waals surface area contributed by atoms with Gasteiger partial charge in [0, 0.05) is 22.4 Å². The molecule has 0 saturated carbocycles. The molecule has 0 unspecified atom stereocenters. The Balaban J connectivity index is 2.03. The summed E-state index contributed by atoms with van der Waals surface area (Å²) in [7, 11) is 4.18. The van der Waals surface area contributed by atoms with Crippen LogP contribution in [0.2, 0.25) is 0 Å². The SMILES string of the molecule is CN(C)CC/C=C1\c2ccccc2CCc2cc(/C=C/C(=O)O)sc21. The van der Waals surface area contributed by atoms with Crippen LogP contribution >= 0.6 is 11.3 Å². The predicted molar refractivity (Wildman–Crippen MR) is 105 cm³/mol. The average Bonchev–Trinajstić information content (AvgIpc) is 2.92. The van der Waals surface area contributed by atoms with Crippen LogP contribution in [0, 0.1) is 0 Å². The summed E-state index contributed by atoms with van der Waals surface area (Å²) in [6, 6.07) is 10.8. The van der Waals surface area contributed by atoms with E-state index >= 15 is 0 Å². The van der Waals surface area contributed by atoms with E-state index in [9.17, 15) is 4.79 Å². The number of hydrogen-bond acceptors (Lipinski definition) is 3. The van der Waals surface area contributed by atoms with E-state index in [0.29, 0.717) is 0 Å². The van der Waals surface area contributed by atoms with Crippen molar-refractivity contribution in [2.75, 3.05) is 20.6 Å². The molecule has 0 spiro atoms. The highest BCUT2D eigenvalue weighted by Gasteiger charge is 2.20. The first kappa shape index (κ1) is 17.6. The lowest BCUT2D eigenvalue weighted by atomic mass is 9.98. The van der Waals surface area contributed by atoms with E-state index in [2.05, 4.69) is 55.4 Å². The molecule has 1 aromatic heterocycles. The second kappa shape index (κ2) is 7.81. The molecule has 130 valence electrons. The topological polar surface area (TPSA) is 40.5 Å². The summed E-state index contributed by atoms with van der Waals surface area (Å²) >= 11 is 1.69. The number of fused-ring (bicyclic) bond motifs is 2. The molecule has 4 heteroatoms. The van der Waals surface area contributed by atoms with Gasteiger partial charge in [0.2, 0.25) is 0 Å². The van der Waals surface area contributed by atoms with Crippen LogP contribution < -0.4 is 0 Å². The molecule has 3 nitrogen and oxygen atoms in total. The molecule has 0 bridgehead atoms. The van der Waals surface area contributed by atoms with Gasteiger partial charge in [-0.05, 0) is 67.8 Å². The third kappa shape index (κ3) is 4.27. The van der Waals surface area contributed by atoms with E-state index in [-0.39, 0.29) is 0 Å². The van der Waals surface area contributed by atoms with E-state index in [0.717, 1.165) is 30.7 Å². The Bertz CT molecular complexity index is 830. The molecule has 0 aliphatic heterocycles. The van der Waals surface area contributed by atoms with E-state index in [1.54, 1.807) is 17.4 Å². The molecule has 1 heterocycles. The fourth-order valence-corrected chi connectivity index (χ4v) is 4.33. The molecule has 3 rings (SSSR count). The van der Waals surface area contributed by atoms with E-state index < -0.39 is 5.97 Å². The fraction of sp³-hybridized carbons (Fsp3) is 0.286. The normalized spacial score (nSPS) is 15.4.